The molecule has 1 saturated heterocycles. The molecule has 0 aliphatic carbocycles. The Kier molecular flexibility index (Phi) is 7.07. The number of nitrogens with zero attached hydrogens (tertiary/aromatic N) is 5. The van der Waals surface area contributed by atoms with Crippen LogP contribution in [0.4, 0.5) is 0 Å². The number of rotatable bonds is 7. The summed E-state index contributed by atoms with van der Waals surface area (Å²) in [5.74, 6) is 0.0751. The zero-order valence-corrected chi connectivity index (χ0v) is 19.9. The molecular weight excluding hydrogens is 438 g/mol. The van der Waals surface area contributed by atoms with Crippen LogP contribution in [0.1, 0.15) is 22.5 Å². The number of aryl methyl sites for hydroxylation is 1. The maximum Gasteiger partial charge on any atom is 0.237 e. The molecule has 0 spiro atoms. The molecule has 7 heteroatoms. The van der Waals surface area contributed by atoms with Crippen LogP contribution >= 0.6 is 0 Å². The summed E-state index contributed by atoms with van der Waals surface area (Å²) in [5, 5.41) is 0. The summed E-state index contributed by atoms with van der Waals surface area (Å²) in [4.78, 5) is 31.1. The summed E-state index contributed by atoms with van der Waals surface area (Å²) in [6.07, 6.45) is 3.42. The molecule has 178 valence electrons. The van der Waals surface area contributed by atoms with Crippen LogP contribution in [-0.4, -0.2) is 56.4 Å². The van der Waals surface area contributed by atoms with Crippen LogP contribution in [0.5, 0.6) is 0 Å². The smallest absolute Gasteiger partial charge is 0.237 e. The lowest BCUT2D eigenvalue weighted by Crippen LogP contribution is -2.37. The van der Waals surface area contributed by atoms with Crippen LogP contribution in [0.25, 0.3) is 11.0 Å². The van der Waals surface area contributed by atoms with Crippen molar-refractivity contribution in [3.05, 3.63) is 102 Å². The zero-order valence-electron chi connectivity index (χ0n) is 19.9. The largest absolute Gasteiger partial charge is 0.370 e. The third-order valence-corrected chi connectivity index (χ3v) is 6.24. The zero-order chi connectivity index (χ0) is 24.0. The van der Waals surface area contributed by atoms with Crippen molar-refractivity contribution in [2.45, 2.75) is 32.7 Å². The van der Waals surface area contributed by atoms with E-state index >= 15 is 0 Å². The summed E-state index contributed by atoms with van der Waals surface area (Å²) in [6, 6.07) is 21.9. The van der Waals surface area contributed by atoms with Gasteiger partial charge in [0, 0.05) is 38.6 Å². The van der Waals surface area contributed by atoms with Crippen LogP contribution in [0, 0.1) is 6.92 Å². The molecule has 0 bridgehead atoms. The molecule has 1 aliphatic heterocycles. The SMILES string of the molecule is Cc1nc2ccccc2nc1CN1CC(=O)N(Cc2cccnc2)C[C@H](OCc2ccccc2)C1. The summed E-state index contributed by atoms with van der Waals surface area (Å²) in [7, 11) is 0. The Morgan fingerprint density at radius 3 is 2.40 bits per heavy atom. The molecule has 0 N–H and O–H groups in total. The van der Waals surface area contributed by atoms with Crippen molar-refractivity contribution in [3.8, 4) is 0 Å². The number of ether oxygens (including phenoxy) is 1. The number of amides is 1. The Bertz CT molecular complexity index is 1280. The molecule has 5 rings (SSSR count). The van der Waals surface area contributed by atoms with E-state index in [0.29, 0.717) is 39.3 Å². The highest BCUT2D eigenvalue weighted by molar-refractivity contribution is 5.78. The first-order valence-electron chi connectivity index (χ1n) is 11.9. The Hall–Kier alpha value is -3.68. The van der Waals surface area contributed by atoms with E-state index in [1.807, 2.05) is 72.6 Å². The normalized spacial score (nSPS) is 17.0. The van der Waals surface area contributed by atoms with Crippen molar-refractivity contribution in [1.82, 2.24) is 24.8 Å². The second-order valence-corrected chi connectivity index (χ2v) is 8.97. The van der Waals surface area contributed by atoms with Gasteiger partial charge in [-0.1, -0.05) is 48.5 Å². The summed E-state index contributed by atoms with van der Waals surface area (Å²) in [6.45, 7) is 5.01. The molecule has 0 unspecified atom stereocenters. The molecule has 0 radical (unpaired) electrons. The van der Waals surface area contributed by atoms with Gasteiger partial charge in [-0.05, 0) is 36.2 Å². The molecule has 3 heterocycles. The molecule has 1 fully saturated rings. The molecule has 2 aromatic carbocycles. The Labute approximate surface area is 205 Å². The van der Waals surface area contributed by atoms with E-state index in [9.17, 15) is 4.79 Å². The van der Waals surface area contributed by atoms with Crippen LogP contribution in [-0.2, 0) is 29.2 Å². The Morgan fingerprint density at radius 1 is 0.886 bits per heavy atom. The van der Waals surface area contributed by atoms with Gasteiger partial charge in [-0.2, -0.15) is 0 Å². The monoisotopic (exact) mass is 467 g/mol. The van der Waals surface area contributed by atoms with E-state index in [2.05, 4.69) is 22.0 Å². The van der Waals surface area contributed by atoms with Gasteiger partial charge in [-0.25, -0.2) is 9.97 Å². The quantitative estimate of drug-likeness (QED) is 0.412. The number of carbonyl (C=O) groups is 1. The first kappa shape index (κ1) is 23.1. The van der Waals surface area contributed by atoms with Gasteiger partial charge in [0.25, 0.3) is 0 Å². The molecule has 2 aromatic heterocycles. The number of aromatic nitrogens is 3. The van der Waals surface area contributed by atoms with Crippen LogP contribution < -0.4 is 0 Å². The van der Waals surface area contributed by atoms with Gasteiger partial charge in [0.2, 0.25) is 5.91 Å². The minimum absolute atomic E-state index is 0.0751. The van der Waals surface area contributed by atoms with Crippen molar-refractivity contribution in [3.63, 3.8) is 0 Å². The van der Waals surface area contributed by atoms with Crippen LogP contribution in [0.15, 0.2) is 79.1 Å². The van der Waals surface area contributed by atoms with Gasteiger partial charge in [-0.15, -0.1) is 0 Å². The lowest BCUT2D eigenvalue weighted by Gasteiger charge is -2.25. The molecule has 1 amide bonds. The topological polar surface area (TPSA) is 71.5 Å². The lowest BCUT2D eigenvalue weighted by molar-refractivity contribution is -0.132. The van der Waals surface area contributed by atoms with E-state index < -0.39 is 0 Å². The molecular formula is C28H29N5O2. The number of hydrogen-bond acceptors (Lipinski definition) is 6. The summed E-state index contributed by atoms with van der Waals surface area (Å²) < 4.78 is 6.35. The maximum atomic E-state index is 13.3. The van der Waals surface area contributed by atoms with Gasteiger partial charge in [0.1, 0.15) is 0 Å². The van der Waals surface area contributed by atoms with Crippen molar-refractivity contribution in [2.24, 2.45) is 0 Å². The Balaban J connectivity index is 1.36. The minimum Gasteiger partial charge on any atom is -0.370 e. The average Bonchev–Trinajstić information content (AvgIpc) is 3.02. The molecule has 7 nitrogen and oxygen atoms in total. The van der Waals surface area contributed by atoms with Gasteiger partial charge in [-0.3, -0.25) is 14.7 Å². The fourth-order valence-corrected chi connectivity index (χ4v) is 4.41. The maximum absolute atomic E-state index is 13.3. The summed E-state index contributed by atoms with van der Waals surface area (Å²) in [5.41, 5.74) is 5.64. The highest BCUT2D eigenvalue weighted by atomic mass is 16.5. The average molecular weight is 468 g/mol. The number of fused-ring (bicyclic) bond motifs is 1. The number of carbonyl (C=O) groups excluding carboxylic acids is 1. The third-order valence-electron chi connectivity index (χ3n) is 6.24. The van der Waals surface area contributed by atoms with E-state index in [0.717, 1.165) is 33.5 Å². The fraction of sp³-hybridized carbons (Fsp3) is 0.286. The van der Waals surface area contributed by atoms with Crippen molar-refractivity contribution < 1.29 is 9.53 Å². The van der Waals surface area contributed by atoms with E-state index in [4.69, 9.17) is 14.7 Å². The number of para-hydroxylation sites is 2. The van der Waals surface area contributed by atoms with Crippen molar-refractivity contribution >= 4 is 16.9 Å². The molecule has 4 aromatic rings. The second kappa shape index (κ2) is 10.7. The summed E-state index contributed by atoms with van der Waals surface area (Å²) >= 11 is 0. The van der Waals surface area contributed by atoms with Crippen LogP contribution in [0.3, 0.4) is 0 Å². The fourth-order valence-electron chi connectivity index (χ4n) is 4.41. The first-order valence-corrected chi connectivity index (χ1v) is 11.9. The lowest BCUT2D eigenvalue weighted by atomic mass is 10.2. The Morgan fingerprint density at radius 2 is 1.63 bits per heavy atom. The van der Waals surface area contributed by atoms with Crippen molar-refractivity contribution in [2.75, 3.05) is 19.6 Å². The molecule has 1 atom stereocenters. The minimum atomic E-state index is -0.132. The number of hydrogen-bond donors (Lipinski definition) is 0. The van der Waals surface area contributed by atoms with E-state index in [1.165, 1.54) is 0 Å². The van der Waals surface area contributed by atoms with Gasteiger partial charge >= 0.3 is 0 Å². The second-order valence-electron chi connectivity index (χ2n) is 8.97. The standard InChI is InChI=1S/C28H29N5O2/c1-21-27(31-26-12-6-5-11-25(26)30-21)18-32-16-24(35-20-22-8-3-2-4-9-22)17-33(28(34)19-32)15-23-10-7-13-29-14-23/h2-14,24H,15-20H2,1H3/t24-/m1/s1. The first-order chi connectivity index (χ1) is 17.1. The number of benzene rings is 2. The molecule has 1 aliphatic rings. The van der Waals surface area contributed by atoms with Crippen LogP contribution in [0.2, 0.25) is 0 Å². The highest BCUT2D eigenvalue weighted by Crippen LogP contribution is 2.18. The van der Waals surface area contributed by atoms with E-state index in [-0.39, 0.29) is 12.0 Å². The predicted octanol–water partition coefficient (Wildman–Crippen LogP) is 3.76. The molecule has 35 heavy (non-hydrogen) atoms. The number of pyridine rings is 1. The highest BCUT2D eigenvalue weighted by Gasteiger charge is 2.29. The third kappa shape index (κ3) is 5.88. The van der Waals surface area contributed by atoms with Gasteiger partial charge in [0.15, 0.2) is 0 Å². The van der Waals surface area contributed by atoms with Gasteiger partial charge < -0.3 is 9.64 Å². The van der Waals surface area contributed by atoms with Crippen molar-refractivity contribution in [1.29, 1.82) is 0 Å². The van der Waals surface area contributed by atoms with E-state index in [1.54, 1.807) is 6.20 Å². The molecule has 0 saturated carbocycles. The van der Waals surface area contributed by atoms with Gasteiger partial charge in [0.05, 0.1) is 41.7 Å². The predicted molar refractivity (Wildman–Crippen MR) is 134 cm³/mol.